The van der Waals surface area contributed by atoms with Crippen molar-refractivity contribution in [2.75, 3.05) is 22.9 Å². The number of amides is 1. The van der Waals surface area contributed by atoms with Gasteiger partial charge >= 0.3 is 5.69 Å². The van der Waals surface area contributed by atoms with Gasteiger partial charge in [0.05, 0.1) is 5.75 Å². The number of unbranched alkanes of at least 4 members (excludes halogenated alkanes) is 1. The number of anilines is 2. The zero-order valence-corrected chi connectivity index (χ0v) is 19.3. The van der Waals surface area contributed by atoms with Crippen LogP contribution in [0.4, 0.5) is 11.5 Å². The van der Waals surface area contributed by atoms with Crippen LogP contribution in [0.15, 0.2) is 26.6 Å². The molecule has 0 atom stereocenters. The average Bonchev–Trinajstić information content (AvgIpc) is 2.66. The van der Waals surface area contributed by atoms with Crippen molar-refractivity contribution in [1.29, 1.82) is 0 Å². The predicted molar refractivity (Wildman–Crippen MR) is 125 cm³/mol. The Morgan fingerprint density at radius 1 is 1.13 bits per heavy atom. The van der Waals surface area contributed by atoms with Crippen molar-refractivity contribution in [3.05, 3.63) is 49.7 Å². The zero-order chi connectivity index (χ0) is 22.4. The molecule has 164 valence electrons. The van der Waals surface area contributed by atoms with E-state index in [-0.39, 0.29) is 23.2 Å². The van der Waals surface area contributed by atoms with Crippen LogP contribution in [0.1, 0.15) is 49.8 Å². The zero-order valence-electron chi connectivity index (χ0n) is 18.5. The number of nitrogens with zero attached hydrogens (tertiary/aromatic N) is 2. The lowest BCUT2D eigenvalue weighted by Crippen LogP contribution is -2.42. The minimum Gasteiger partial charge on any atom is -0.383 e. The molecule has 0 saturated carbocycles. The molecule has 0 bridgehead atoms. The Kier molecular flexibility index (Phi) is 8.34. The SMILES string of the molecule is CCCCN(C(=O)CSc1c(C)cc(C)cc1C)c1c(N)n(CCC)c(=O)[nH]c1=O. The molecule has 1 amide bonds. The number of nitrogen functional groups attached to an aromatic ring is 1. The Bertz CT molecular complexity index is 1000. The molecule has 8 heteroatoms. The van der Waals surface area contributed by atoms with Gasteiger partial charge in [-0.05, 0) is 44.7 Å². The van der Waals surface area contributed by atoms with Gasteiger partial charge in [-0.25, -0.2) is 4.79 Å². The summed E-state index contributed by atoms with van der Waals surface area (Å²) in [6, 6.07) is 4.19. The van der Waals surface area contributed by atoms with E-state index < -0.39 is 11.2 Å². The Morgan fingerprint density at radius 3 is 2.33 bits per heavy atom. The number of nitrogens with one attached hydrogen (secondary N) is 1. The highest BCUT2D eigenvalue weighted by atomic mass is 32.2. The molecule has 7 nitrogen and oxygen atoms in total. The van der Waals surface area contributed by atoms with Gasteiger partial charge in [0.15, 0.2) is 5.69 Å². The molecule has 2 rings (SSSR count). The Balaban J connectivity index is 2.39. The maximum absolute atomic E-state index is 13.2. The second kappa shape index (κ2) is 10.5. The van der Waals surface area contributed by atoms with Crippen molar-refractivity contribution in [2.24, 2.45) is 0 Å². The van der Waals surface area contributed by atoms with Crippen molar-refractivity contribution >= 4 is 29.2 Å². The fourth-order valence-electron chi connectivity index (χ4n) is 3.57. The number of aryl methyl sites for hydroxylation is 3. The van der Waals surface area contributed by atoms with E-state index in [1.165, 1.54) is 26.8 Å². The number of carbonyl (C=O) groups is 1. The van der Waals surface area contributed by atoms with Crippen LogP contribution >= 0.6 is 11.8 Å². The van der Waals surface area contributed by atoms with Crippen LogP contribution in [0.3, 0.4) is 0 Å². The first-order valence-electron chi connectivity index (χ1n) is 10.3. The van der Waals surface area contributed by atoms with Crippen LogP contribution in [0, 0.1) is 20.8 Å². The molecule has 1 aromatic heterocycles. The topological polar surface area (TPSA) is 101 Å². The van der Waals surface area contributed by atoms with E-state index in [4.69, 9.17) is 5.73 Å². The summed E-state index contributed by atoms with van der Waals surface area (Å²) in [6.07, 6.45) is 2.27. The largest absolute Gasteiger partial charge is 0.383 e. The predicted octanol–water partition coefficient (Wildman–Crippen LogP) is 3.38. The maximum atomic E-state index is 13.2. The van der Waals surface area contributed by atoms with E-state index in [2.05, 4.69) is 17.1 Å². The molecule has 0 saturated heterocycles. The van der Waals surface area contributed by atoms with Crippen LogP contribution in [0.5, 0.6) is 0 Å². The van der Waals surface area contributed by atoms with Gasteiger partial charge in [0.2, 0.25) is 5.91 Å². The van der Waals surface area contributed by atoms with Gasteiger partial charge in [-0.3, -0.25) is 19.1 Å². The number of rotatable bonds is 9. The number of H-pyrrole nitrogens is 1. The van der Waals surface area contributed by atoms with Crippen LogP contribution in [0.2, 0.25) is 0 Å². The molecule has 0 aliphatic heterocycles. The maximum Gasteiger partial charge on any atom is 0.330 e. The normalized spacial score (nSPS) is 11.0. The van der Waals surface area contributed by atoms with E-state index in [1.807, 2.05) is 34.6 Å². The van der Waals surface area contributed by atoms with E-state index >= 15 is 0 Å². The van der Waals surface area contributed by atoms with Gasteiger partial charge in [0, 0.05) is 18.0 Å². The number of hydrogen-bond acceptors (Lipinski definition) is 5. The molecule has 0 aliphatic rings. The third-order valence-corrected chi connectivity index (χ3v) is 6.24. The molecule has 30 heavy (non-hydrogen) atoms. The minimum absolute atomic E-state index is 0.0442. The summed E-state index contributed by atoms with van der Waals surface area (Å²) >= 11 is 1.46. The monoisotopic (exact) mass is 432 g/mol. The minimum atomic E-state index is -0.623. The van der Waals surface area contributed by atoms with Crippen molar-refractivity contribution in [3.63, 3.8) is 0 Å². The average molecular weight is 433 g/mol. The highest BCUT2D eigenvalue weighted by Crippen LogP contribution is 2.28. The number of nitrogens with two attached hydrogens (primary N) is 1. The number of benzene rings is 1. The number of carbonyl (C=O) groups excluding carboxylic acids is 1. The summed E-state index contributed by atoms with van der Waals surface area (Å²) in [4.78, 5) is 42.7. The molecule has 2 aromatic rings. The molecule has 0 unspecified atom stereocenters. The van der Waals surface area contributed by atoms with Crippen molar-refractivity contribution < 1.29 is 4.79 Å². The van der Waals surface area contributed by atoms with Crippen LogP contribution in [-0.4, -0.2) is 27.8 Å². The molecule has 1 heterocycles. The van der Waals surface area contributed by atoms with Gasteiger partial charge in [-0.1, -0.05) is 38.0 Å². The molecule has 0 radical (unpaired) electrons. The summed E-state index contributed by atoms with van der Waals surface area (Å²) in [6.45, 7) is 10.8. The standard InChI is InChI=1S/C22H32N4O3S/c1-6-8-10-25(18-20(23)26(9-7-2)22(29)24-21(18)28)17(27)13-30-19-15(4)11-14(3)12-16(19)5/h11-12H,6-10,13,23H2,1-5H3,(H,24,28,29). The number of aromatic nitrogens is 2. The molecular weight excluding hydrogens is 400 g/mol. The van der Waals surface area contributed by atoms with Gasteiger partial charge in [-0.2, -0.15) is 0 Å². The van der Waals surface area contributed by atoms with Crippen LogP contribution in [-0.2, 0) is 11.3 Å². The lowest BCUT2D eigenvalue weighted by atomic mass is 10.1. The van der Waals surface area contributed by atoms with E-state index in [0.29, 0.717) is 19.5 Å². The van der Waals surface area contributed by atoms with E-state index in [9.17, 15) is 14.4 Å². The van der Waals surface area contributed by atoms with Crippen molar-refractivity contribution in [2.45, 2.75) is 65.3 Å². The fraction of sp³-hybridized carbons (Fsp3) is 0.500. The summed E-state index contributed by atoms with van der Waals surface area (Å²) < 4.78 is 1.32. The Hall–Kier alpha value is -2.48. The highest BCUT2D eigenvalue weighted by Gasteiger charge is 2.24. The first-order valence-corrected chi connectivity index (χ1v) is 11.3. The molecule has 3 N–H and O–H groups in total. The van der Waals surface area contributed by atoms with E-state index in [1.54, 1.807) is 0 Å². The van der Waals surface area contributed by atoms with Gasteiger partial charge < -0.3 is 10.6 Å². The van der Waals surface area contributed by atoms with Gasteiger partial charge in [-0.15, -0.1) is 11.8 Å². The molecule has 0 aliphatic carbocycles. The second-order valence-electron chi connectivity index (χ2n) is 7.56. The summed E-state index contributed by atoms with van der Waals surface area (Å²) in [5.74, 6) is 0.0229. The van der Waals surface area contributed by atoms with Crippen LogP contribution < -0.4 is 21.9 Å². The quantitative estimate of drug-likeness (QED) is 0.592. The lowest BCUT2D eigenvalue weighted by molar-refractivity contribution is -0.116. The summed E-state index contributed by atoms with van der Waals surface area (Å²) in [7, 11) is 0. The van der Waals surface area contributed by atoms with Gasteiger partial charge in [0.25, 0.3) is 5.56 Å². The van der Waals surface area contributed by atoms with Crippen molar-refractivity contribution in [3.8, 4) is 0 Å². The molecule has 0 fully saturated rings. The molecule has 1 aromatic carbocycles. The summed E-state index contributed by atoms with van der Waals surface area (Å²) in [5, 5.41) is 0. The van der Waals surface area contributed by atoms with Gasteiger partial charge in [0.1, 0.15) is 5.82 Å². The third-order valence-electron chi connectivity index (χ3n) is 4.91. The Labute approximate surface area is 181 Å². The third kappa shape index (κ3) is 5.36. The fourth-order valence-corrected chi connectivity index (χ4v) is 4.56. The molecular formula is C22H32N4O3S. The highest BCUT2D eigenvalue weighted by molar-refractivity contribution is 8.00. The number of hydrogen-bond donors (Lipinski definition) is 2. The second-order valence-corrected chi connectivity index (χ2v) is 8.55. The smallest absolute Gasteiger partial charge is 0.330 e. The van der Waals surface area contributed by atoms with Crippen molar-refractivity contribution in [1.82, 2.24) is 9.55 Å². The summed E-state index contributed by atoms with van der Waals surface area (Å²) in [5.41, 5.74) is 8.52. The Morgan fingerprint density at radius 2 is 1.77 bits per heavy atom. The first-order chi connectivity index (χ1) is 14.2. The first kappa shape index (κ1) is 23.8. The van der Waals surface area contributed by atoms with E-state index in [0.717, 1.165) is 28.9 Å². The number of thioether (sulfide) groups is 1. The molecule has 0 spiro atoms. The van der Waals surface area contributed by atoms with Crippen LogP contribution in [0.25, 0.3) is 0 Å². The number of aromatic amines is 1. The lowest BCUT2D eigenvalue weighted by Gasteiger charge is -2.24.